The Morgan fingerprint density at radius 2 is 2.07 bits per heavy atom. The van der Waals surface area contributed by atoms with Gasteiger partial charge >= 0.3 is 0 Å². The normalized spacial score (nSPS) is 15.3. The summed E-state index contributed by atoms with van der Waals surface area (Å²) in [6.07, 6.45) is 1.77. The molecule has 0 bridgehead atoms. The lowest BCUT2D eigenvalue weighted by atomic mass is 10.1. The molecule has 1 saturated heterocycles. The number of carbonyl (C=O) groups excluding carboxylic acids is 1. The molecule has 9 heteroatoms. The van der Waals surface area contributed by atoms with E-state index in [1.807, 2.05) is 26.0 Å². The number of amides is 1. The average Bonchev–Trinajstić information content (AvgIpc) is 2.94. The number of halogens is 1. The number of ether oxygens (including phenoxy) is 1. The first-order valence-corrected chi connectivity index (χ1v) is 11.2. The zero-order valence-electron chi connectivity index (χ0n) is 16.3. The predicted octanol–water partition coefficient (Wildman–Crippen LogP) is 5.79. The fraction of sp³-hybridized carbons (Fsp3) is 0.238. The molecule has 1 heterocycles. The highest BCUT2D eigenvalue weighted by molar-refractivity contribution is 9.10. The van der Waals surface area contributed by atoms with Crippen LogP contribution in [0, 0.1) is 16.0 Å². The first-order valence-electron chi connectivity index (χ1n) is 9.15. The number of nitro benzene ring substituents is 1. The first-order chi connectivity index (χ1) is 14.2. The fourth-order valence-corrected chi connectivity index (χ4v) is 4.49. The molecule has 156 valence electrons. The molecule has 1 aliphatic rings. The van der Waals surface area contributed by atoms with E-state index in [2.05, 4.69) is 15.9 Å². The zero-order chi connectivity index (χ0) is 21.8. The Bertz CT molecular complexity index is 1040. The third-order valence-corrected chi connectivity index (χ3v) is 6.07. The van der Waals surface area contributed by atoms with Crippen LogP contribution in [0.1, 0.15) is 25.0 Å². The van der Waals surface area contributed by atoms with Crippen molar-refractivity contribution in [2.24, 2.45) is 5.92 Å². The van der Waals surface area contributed by atoms with Gasteiger partial charge in [0.25, 0.3) is 11.6 Å². The van der Waals surface area contributed by atoms with Gasteiger partial charge in [-0.05, 0) is 35.8 Å². The van der Waals surface area contributed by atoms with Crippen molar-refractivity contribution in [1.29, 1.82) is 0 Å². The maximum Gasteiger partial charge on any atom is 0.269 e. The number of nitro groups is 1. The van der Waals surface area contributed by atoms with Gasteiger partial charge in [0, 0.05) is 28.7 Å². The smallest absolute Gasteiger partial charge is 0.269 e. The second kappa shape index (κ2) is 9.72. The third-order valence-electron chi connectivity index (χ3n) is 4.20. The Morgan fingerprint density at radius 1 is 1.30 bits per heavy atom. The average molecular weight is 507 g/mol. The van der Waals surface area contributed by atoms with Gasteiger partial charge in [-0.15, -0.1) is 0 Å². The van der Waals surface area contributed by atoms with Gasteiger partial charge in [0.15, 0.2) is 0 Å². The van der Waals surface area contributed by atoms with Gasteiger partial charge in [-0.2, -0.15) is 0 Å². The number of hydrogen-bond donors (Lipinski definition) is 0. The number of thiocarbonyl (C=S) groups is 1. The van der Waals surface area contributed by atoms with Gasteiger partial charge in [0.1, 0.15) is 16.7 Å². The molecule has 0 aliphatic carbocycles. The molecular formula is C21H19BrN2O4S2. The number of thioether (sulfide) groups is 1. The molecule has 0 radical (unpaired) electrons. The minimum Gasteiger partial charge on any atom is -0.488 e. The largest absolute Gasteiger partial charge is 0.488 e. The van der Waals surface area contributed by atoms with E-state index in [-0.39, 0.29) is 18.2 Å². The summed E-state index contributed by atoms with van der Waals surface area (Å²) in [5, 5.41) is 11.0. The van der Waals surface area contributed by atoms with Crippen molar-refractivity contribution in [3.8, 4) is 5.75 Å². The molecule has 0 saturated carbocycles. The molecule has 30 heavy (non-hydrogen) atoms. The van der Waals surface area contributed by atoms with E-state index < -0.39 is 4.92 Å². The number of hydrogen-bond acceptors (Lipinski definition) is 6. The number of carbonyl (C=O) groups is 1. The SMILES string of the molecule is CC(C)CN1C(=O)/C(=C/c2cc(Br)ccc2OCc2cccc([N+](=O)[O-])c2)SC1=S. The summed E-state index contributed by atoms with van der Waals surface area (Å²) in [7, 11) is 0. The molecule has 0 unspecified atom stereocenters. The summed E-state index contributed by atoms with van der Waals surface area (Å²) in [5.41, 5.74) is 1.42. The Morgan fingerprint density at radius 3 is 2.77 bits per heavy atom. The van der Waals surface area contributed by atoms with Crippen LogP contribution < -0.4 is 4.74 Å². The van der Waals surface area contributed by atoms with Gasteiger partial charge in [-0.1, -0.05) is 65.9 Å². The summed E-state index contributed by atoms with van der Waals surface area (Å²) in [6.45, 7) is 4.82. The maximum absolute atomic E-state index is 12.8. The van der Waals surface area contributed by atoms with Crippen LogP contribution in [0.5, 0.6) is 5.75 Å². The maximum atomic E-state index is 12.8. The van der Waals surface area contributed by atoms with E-state index in [1.54, 1.807) is 29.2 Å². The van der Waals surface area contributed by atoms with Crippen LogP contribution in [0.4, 0.5) is 5.69 Å². The van der Waals surface area contributed by atoms with E-state index in [1.165, 1.54) is 23.9 Å². The number of nitrogens with zero attached hydrogens (tertiary/aromatic N) is 2. The van der Waals surface area contributed by atoms with Crippen LogP contribution in [0.15, 0.2) is 51.8 Å². The summed E-state index contributed by atoms with van der Waals surface area (Å²) in [5.74, 6) is 0.772. The van der Waals surface area contributed by atoms with Crippen molar-refractivity contribution in [2.75, 3.05) is 6.54 Å². The highest BCUT2D eigenvalue weighted by atomic mass is 79.9. The van der Waals surface area contributed by atoms with Gasteiger partial charge in [-0.3, -0.25) is 19.8 Å². The highest BCUT2D eigenvalue weighted by Gasteiger charge is 2.32. The van der Waals surface area contributed by atoms with Crippen LogP contribution in [-0.2, 0) is 11.4 Å². The lowest BCUT2D eigenvalue weighted by Crippen LogP contribution is -2.31. The van der Waals surface area contributed by atoms with Crippen molar-refractivity contribution in [1.82, 2.24) is 4.90 Å². The molecule has 1 fully saturated rings. The molecule has 1 amide bonds. The number of non-ortho nitro benzene ring substituents is 1. The topological polar surface area (TPSA) is 72.7 Å². The molecule has 1 aliphatic heterocycles. The minimum absolute atomic E-state index is 0.0148. The summed E-state index contributed by atoms with van der Waals surface area (Å²) in [6, 6.07) is 11.8. The van der Waals surface area contributed by atoms with E-state index >= 15 is 0 Å². The molecule has 0 spiro atoms. The second-order valence-electron chi connectivity index (χ2n) is 7.08. The van der Waals surface area contributed by atoms with Crippen molar-refractivity contribution >= 4 is 61.9 Å². The van der Waals surface area contributed by atoms with Gasteiger partial charge in [0.2, 0.25) is 0 Å². The Balaban J connectivity index is 1.83. The van der Waals surface area contributed by atoms with Crippen LogP contribution in [0.3, 0.4) is 0 Å². The van der Waals surface area contributed by atoms with E-state index in [0.717, 1.165) is 10.0 Å². The van der Waals surface area contributed by atoms with Crippen molar-refractivity contribution in [2.45, 2.75) is 20.5 Å². The summed E-state index contributed by atoms with van der Waals surface area (Å²) in [4.78, 5) is 25.5. The summed E-state index contributed by atoms with van der Waals surface area (Å²) < 4.78 is 7.31. The number of benzene rings is 2. The Hall–Kier alpha value is -2.23. The Kier molecular flexibility index (Phi) is 7.27. The molecular weight excluding hydrogens is 488 g/mol. The Labute approximate surface area is 192 Å². The van der Waals surface area contributed by atoms with Crippen LogP contribution in [-0.4, -0.2) is 26.6 Å². The van der Waals surface area contributed by atoms with Crippen molar-refractivity contribution in [3.63, 3.8) is 0 Å². The fourth-order valence-electron chi connectivity index (χ4n) is 2.85. The van der Waals surface area contributed by atoms with Crippen molar-refractivity contribution in [3.05, 3.63) is 73.1 Å². The number of rotatable bonds is 7. The van der Waals surface area contributed by atoms with Gasteiger partial charge < -0.3 is 4.74 Å². The molecule has 0 N–H and O–H groups in total. The monoisotopic (exact) mass is 506 g/mol. The van der Waals surface area contributed by atoms with Crippen LogP contribution in [0.25, 0.3) is 6.08 Å². The lowest BCUT2D eigenvalue weighted by Gasteiger charge is -2.16. The minimum atomic E-state index is -0.437. The standard InChI is InChI=1S/C21H19BrN2O4S2/c1-13(2)11-23-20(25)19(30-21(23)29)10-15-9-16(22)6-7-18(15)28-12-14-4-3-5-17(8-14)24(26)27/h3-10,13H,11-12H2,1-2H3/b19-10-. The van der Waals surface area contributed by atoms with Crippen molar-refractivity contribution < 1.29 is 14.5 Å². The quantitative estimate of drug-likeness (QED) is 0.204. The highest BCUT2D eigenvalue weighted by Crippen LogP contribution is 2.35. The van der Waals surface area contributed by atoms with Crippen LogP contribution in [0.2, 0.25) is 0 Å². The third kappa shape index (κ3) is 5.47. The molecule has 6 nitrogen and oxygen atoms in total. The zero-order valence-corrected chi connectivity index (χ0v) is 19.6. The predicted molar refractivity (Wildman–Crippen MR) is 126 cm³/mol. The van der Waals surface area contributed by atoms with E-state index in [9.17, 15) is 14.9 Å². The lowest BCUT2D eigenvalue weighted by molar-refractivity contribution is -0.384. The molecule has 0 atom stereocenters. The summed E-state index contributed by atoms with van der Waals surface area (Å²) >= 11 is 10.1. The van der Waals surface area contributed by atoms with Gasteiger partial charge in [0.05, 0.1) is 9.83 Å². The second-order valence-corrected chi connectivity index (χ2v) is 9.68. The molecule has 0 aromatic heterocycles. The molecule has 2 aromatic carbocycles. The van der Waals surface area contributed by atoms with Gasteiger partial charge in [-0.25, -0.2) is 0 Å². The molecule has 3 rings (SSSR count). The van der Waals surface area contributed by atoms with E-state index in [4.69, 9.17) is 17.0 Å². The first kappa shape index (κ1) is 22.5. The van der Waals surface area contributed by atoms with E-state index in [0.29, 0.717) is 33.0 Å². The van der Waals surface area contributed by atoms with Crippen LogP contribution >= 0.6 is 39.9 Å². The molecule has 2 aromatic rings.